The molecule has 3 rings (SSSR count). The summed E-state index contributed by atoms with van der Waals surface area (Å²) in [5, 5.41) is 11.1. The van der Waals surface area contributed by atoms with E-state index in [2.05, 4.69) is 0 Å². The van der Waals surface area contributed by atoms with Crippen LogP contribution < -0.4 is 0 Å². The molecule has 0 aliphatic heterocycles. The van der Waals surface area contributed by atoms with Crippen LogP contribution >= 0.6 is 23.2 Å². The number of hydrogen-bond donors (Lipinski definition) is 1. The number of rotatable bonds is 4. The van der Waals surface area contributed by atoms with Gasteiger partial charge in [0, 0.05) is 15.6 Å². The predicted octanol–water partition coefficient (Wildman–Crippen LogP) is 5.38. The first kappa shape index (κ1) is 19.7. The second-order valence-corrected chi connectivity index (χ2v) is 10.2. The zero-order chi connectivity index (χ0) is 18.9. The van der Waals surface area contributed by atoms with Crippen molar-refractivity contribution in [3.05, 3.63) is 52.5 Å². The molecule has 6 heteroatoms. The van der Waals surface area contributed by atoms with E-state index in [1.807, 2.05) is 13.0 Å². The Bertz CT molecular complexity index is 880. The smallest absolute Gasteiger partial charge is 0.178 e. The lowest BCUT2D eigenvalue weighted by Gasteiger charge is -2.32. The Hall–Kier alpha value is -1.07. The van der Waals surface area contributed by atoms with Crippen molar-refractivity contribution in [2.24, 2.45) is 5.92 Å². The molecular formula is C20H22Cl2O3S. The number of aliphatic hydroxyl groups is 1. The van der Waals surface area contributed by atoms with Gasteiger partial charge in [0.25, 0.3) is 0 Å². The Labute approximate surface area is 164 Å². The molecule has 1 saturated carbocycles. The Morgan fingerprint density at radius 1 is 1.08 bits per heavy atom. The summed E-state index contributed by atoms with van der Waals surface area (Å²) >= 11 is 12.1. The van der Waals surface area contributed by atoms with Crippen LogP contribution in [0.5, 0.6) is 0 Å². The molecule has 2 aromatic carbocycles. The third-order valence-electron chi connectivity index (χ3n) is 5.09. The normalized spacial score (nSPS) is 23.8. The molecule has 0 atom stereocenters. The van der Waals surface area contributed by atoms with Gasteiger partial charge in [-0.2, -0.15) is 0 Å². The van der Waals surface area contributed by atoms with E-state index in [9.17, 15) is 13.5 Å². The number of halogens is 2. The summed E-state index contributed by atoms with van der Waals surface area (Å²) in [5.74, 6) is 0.232. The second kappa shape index (κ2) is 7.51. The minimum absolute atomic E-state index is 0.102. The van der Waals surface area contributed by atoms with Crippen LogP contribution in [0.25, 0.3) is 11.1 Å². The van der Waals surface area contributed by atoms with Crippen LogP contribution in [0.15, 0.2) is 47.4 Å². The standard InChI is InChI=1S/C20H22Cl2O3S/c1-20(23)10-8-14(9-11-20)13-26(24,25)17-5-2-15(3-6-17)18-7-4-16(21)12-19(18)22/h2-7,12,14,23H,8-11,13H2,1H3/t14-,20+. The van der Waals surface area contributed by atoms with Crippen molar-refractivity contribution >= 4 is 33.0 Å². The Morgan fingerprint density at radius 2 is 1.69 bits per heavy atom. The molecule has 0 unspecified atom stereocenters. The molecule has 0 heterocycles. The fraction of sp³-hybridized carbons (Fsp3) is 0.400. The van der Waals surface area contributed by atoms with Crippen molar-refractivity contribution in [3.8, 4) is 11.1 Å². The molecule has 0 bridgehead atoms. The molecule has 3 nitrogen and oxygen atoms in total. The van der Waals surface area contributed by atoms with E-state index in [0.717, 1.165) is 24.0 Å². The van der Waals surface area contributed by atoms with Gasteiger partial charge in [-0.15, -0.1) is 0 Å². The van der Waals surface area contributed by atoms with E-state index >= 15 is 0 Å². The van der Waals surface area contributed by atoms with Crippen molar-refractivity contribution in [2.75, 3.05) is 5.75 Å². The summed E-state index contributed by atoms with van der Waals surface area (Å²) in [6.07, 6.45) is 2.79. The molecule has 0 amide bonds. The first-order chi connectivity index (χ1) is 12.2. The van der Waals surface area contributed by atoms with Crippen LogP contribution in [0, 0.1) is 5.92 Å². The SMILES string of the molecule is C[C@]1(O)CC[C@@H](CS(=O)(=O)c2ccc(-c3ccc(Cl)cc3Cl)cc2)CC1. The Kier molecular flexibility index (Phi) is 5.69. The van der Waals surface area contributed by atoms with Crippen LogP contribution in [0.1, 0.15) is 32.6 Å². The fourth-order valence-electron chi connectivity index (χ4n) is 3.44. The van der Waals surface area contributed by atoms with E-state index < -0.39 is 15.4 Å². The highest BCUT2D eigenvalue weighted by atomic mass is 35.5. The summed E-state index contributed by atoms with van der Waals surface area (Å²) in [7, 11) is -3.35. The Balaban J connectivity index is 1.75. The van der Waals surface area contributed by atoms with Crippen LogP contribution in [0.4, 0.5) is 0 Å². The molecule has 0 spiro atoms. The van der Waals surface area contributed by atoms with Gasteiger partial charge in [-0.05, 0) is 68.4 Å². The van der Waals surface area contributed by atoms with E-state index in [-0.39, 0.29) is 11.7 Å². The highest BCUT2D eigenvalue weighted by Gasteiger charge is 2.31. The average molecular weight is 413 g/mol. The van der Waals surface area contributed by atoms with E-state index in [4.69, 9.17) is 23.2 Å². The minimum atomic E-state index is -3.35. The van der Waals surface area contributed by atoms with Crippen LogP contribution in [-0.2, 0) is 9.84 Å². The van der Waals surface area contributed by atoms with E-state index in [1.54, 1.807) is 36.4 Å². The molecule has 0 aromatic heterocycles. The lowest BCUT2D eigenvalue weighted by Crippen LogP contribution is -2.32. The zero-order valence-electron chi connectivity index (χ0n) is 14.6. The lowest BCUT2D eigenvalue weighted by molar-refractivity contribution is 0.0108. The third-order valence-corrected chi connectivity index (χ3v) is 7.54. The van der Waals surface area contributed by atoms with Crippen molar-refractivity contribution in [1.29, 1.82) is 0 Å². The minimum Gasteiger partial charge on any atom is -0.390 e. The maximum atomic E-state index is 12.7. The second-order valence-electron chi connectivity index (χ2n) is 7.37. The van der Waals surface area contributed by atoms with Gasteiger partial charge in [-0.1, -0.05) is 41.4 Å². The zero-order valence-corrected chi connectivity index (χ0v) is 16.9. The predicted molar refractivity (Wildman–Crippen MR) is 107 cm³/mol. The first-order valence-electron chi connectivity index (χ1n) is 8.67. The molecule has 0 radical (unpaired) electrons. The van der Waals surface area contributed by atoms with Gasteiger partial charge in [-0.3, -0.25) is 0 Å². The van der Waals surface area contributed by atoms with Crippen molar-refractivity contribution < 1.29 is 13.5 Å². The maximum absolute atomic E-state index is 12.7. The van der Waals surface area contributed by atoms with Crippen LogP contribution in [0.3, 0.4) is 0 Å². The molecule has 26 heavy (non-hydrogen) atoms. The third kappa shape index (κ3) is 4.61. The van der Waals surface area contributed by atoms with Crippen molar-refractivity contribution in [1.82, 2.24) is 0 Å². The van der Waals surface area contributed by atoms with Crippen molar-refractivity contribution in [3.63, 3.8) is 0 Å². The van der Waals surface area contributed by atoms with Crippen LogP contribution in [-0.4, -0.2) is 24.9 Å². The summed E-state index contributed by atoms with van der Waals surface area (Å²) < 4.78 is 25.4. The number of sulfone groups is 1. The largest absolute Gasteiger partial charge is 0.390 e. The molecule has 1 aliphatic rings. The highest BCUT2D eigenvalue weighted by Crippen LogP contribution is 2.34. The van der Waals surface area contributed by atoms with Gasteiger partial charge in [0.05, 0.1) is 16.2 Å². The quantitative estimate of drug-likeness (QED) is 0.733. The molecular weight excluding hydrogens is 391 g/mol. The number of benzene rings is 2. The first-order valence-corrected chi connectivity index (χ1v) is 11.1. The van der Waals surface area contributed by atoms with Gasteiger partial charge in [0.15, 0.2) is 9.84 Å². The van der Waals surface area contributed by atoms with Gasteiger partial charge >= 0.3 is 0 Å². The molecule has 1 aliphatic carbocycles. The summed E-state index contributed by atoms with van der Waals surface area (Å²) in [6, 6.07) is 12.1. The summed E-state index contributed by atoms with van der Waals surface area (Å²) in [4.78, 5) is 0.323. The monoisotopic (exact) mass is 412 g/mol. The van der Waals surface area contributed by atoms with Gasteiger partial charge in [0.2, 0.25) is 0 Å². The summed E-state index contributed by atoms with van der Waals surface area (Å²) in [5.41, 5.74) is 1.01. The van der Waals surface area contributed by atoms with E-state index in [1.165, 1.54) is 0 Å². The molecule has 140 valence electrons. The maximum Gasteiger partial charge on any atom is 0.178 e. The van der Waals surface area contributed by atoms with Crippen molar-refractivity contribution in [2.45, 2.75) is 43.1 Å². The van der Waals surface area contributed by atoms with Gasteiger partial charge < -0.3 is 5.11 Å². The molecule has 2 aromatic rings. The van der Waals surface area contributed by atoms with E-state index in [0.29, 0.717) is 27.8 Å². The highest BCUT2D eigenvalue weighted by molar-refractivity contribution is 7.91. The molecule has 1 fully saturated rings. The van der Waals surface area contributed by atoms with Crippen LogP contribution in [0.2, 0.25) is 10.0 Å². The molecule has 0 saturated heterocycles. The molecule has 1 N–H and O–H groups in total. The van der Waals surface area contributed by atoms with Gasteiger partial charge in [-0.25, -0.2) is 8.42 Å². The fourth-order valence-corrected chi connectivity index (χ4v) is 5.65. The Morgan fingerprint density at radius 3 is 2.27 bits per heavy atom. The summed E-state index contributed by atoms with van der Waals surface area (Å²) in [6.45, 7) is 1.82. The average Bonchev–Trinajstić information content (AvgIpc) is 2.57. The topological polar surface area (TPSA) is 54.4 Å². The lowest BCUT2D eigenvalue weighted by atomic mass is 9.81. The number of hydrogen-bond acceptors (Lipinski definition) is 3. The van der Waals surface area contributed by atoms with Gasteiger partial charge in [0.1, 0.15) is 0 Å².